The predicted octanol–water partition coefficient (Wildman–Crippen LogP) is 1.67. The second kappa shape index (κ2) is 3.81. The lowest BCUT2D eigenvalue weighted by molar-refractivity contribution is -0.130. The molecule has 15 heavy (non-hydrogen) atoms. The number of fused-ring (bicyclic) bond motifs is 1. The molecule has 2 rings (SSSR count). The highest BCUT2D eigenvalue weighted by molar-refractivity contribution is 5.91. The summed E-state index contributed by atoms with van der Waals surface area (Å²) in [6, 6.07) is 7.59. The molecule has 0 aliphatic heterocycles. The zero-order chi connectivity index (χ0) is 10.7. The minimum Gasteiger partial charge on any atom is -0.472 e. The molecule has 3 heteroatoms. The number of aromatic nitrogens is 1. The van der Waals surface area contributed by atoms with Crippen LogP contribution in [0.15, 0.2) is 36.7 Å². The highest BCUT2D eigenvalue weighted by atomic mass is 16.4. The molecule has 0 unspecified atom stereocenters. The normalized spacial score (nSPS) is 9.33. The van der Waals surface area contributed by atoms with Gasteiger partial charge in [-0.3, -0.25) is 4.98 Å². The van der Waals surface area contributed by atoms with Crippen molar-refractivity contribution >= 4 is 16.7 Å². The molecule has 0 saturated heterocycles. The van der Waals surface area contributed by atoms with Gasteiger partial charge in [0.05, 0.1) is 5.56 Å². The summed E-state index contributed by atoms with van der Waals surface area (Å²) < 4.78 is 0. The maximum absolute atomic E-state index is 10.3. The average molecular weight is 197 g/mol. The minimum atomic E-state index is -1.14. The molecular formula is C12H7NO2. The fourth-order valence-electron chi connectivity index (χ4n) is 1.34. The number of carboxylic acids is 1. The molecule has 0 radical (unpaired) electrons. The summed E-state index contributed by atoms with van der Waals surface area (Å²) in [6.45, 7) is 0. The van der Waals surface area contributed by atoms with E-state index < -0.39 is 5.97 Å². The summed E-state index contributed by atoms with van der Waals surface area (Å²) in [4.78, 5) is 14.3. The molecule has 0 atom stereocenters. The lowest BCUT2D eigenvalue weighted by Gasteiger charge is -1.97. The first-order valence-electron chi connectivity index (χ1n) is 4.35. The van der Waals surface area contributed by atoms with Crippen LogP contribution in [0.2, 0.25) is 0 Å². The number of carboxylic acid groups (broad SMARTS) is 1. The van der Waals surface area contributed by atoms with Crippen molar-refractivity contribution in [3.05, 3.63) is 42.2 Å². The summed E-state index contributed by atoms with van der Waals surface area (Å²) in [6.07, 6.45) is 3.29. The summed E-state index contributed by atoms with van der Waals surface area (Å²) in [5.74, 6) is 3.52. The van der Waals surface area contributed by atoms with Gasteiger partial charge < -0.3 is 5.11 Å². The van der Waals surface area contributed by atoms with Crippen molar-refractivity contribution in [3.8, 4) is 11.8 Å². The van der Waals surface area contributed by atoms with Crippen molar-refractivity contribution in [1.29, 1.82) is 0 Å². The van der Waals surface area contributed by atoms with E-state index in [9.17, 15) is 4.79 Å². The maximum Gasteiger partial charge on any atom is 0.382 e. The van der Waals surface area contributed by atoms with E-state index >= 15 is 0 Å². The van der Waals surface area contributed by atoms with Gasteiger partial charge in [0.2, 0.25) is 0 Å². The molecule has 3 nitrogen and oxygen atoms in total. The van der Waals surface area contributed by atoms with Gasteiger partial charge in [0, 0.05) is 29.1 Å². The molecular weight excluding hydrogens is 190 g/mol. The number of carbonyl (C=O) groups is 1. The molecule has 0 spiro atoms. The van der Waals surface area contributed by atoms with E-state index in [0.29, 0.717) is 5.56 Å². The van der Waals surface area contributed by atoms with E-state index in [1.807, 2.05) is 24.3 Å². The Labute approximate surface area is 86.4 Å². The SMILES string of the molecule is O=C(O)C#Cc1cncc2ccccc12. The Kier molecular flexibility index (Phi) is 2.34. The molecule has 0 aliphatic carbocycles. The van der Waals surface area contributed by atoms with Gasteiger partial charge in [-0.1, -0.05) is 30.2 Å². The van der Waals surface area contributed by atoms with Crippen LogP contribution in [0.25, 0.3) is 10.8 Å². The number of rotatable bonds is 0. The highest BCUT2D eigenvalue weighted by Gasteiger charge is 1.97. The lowest BCUT2D eigenvalue weighted by Crippen LogP contribution is -1.88. The van der Waals surface area contributed by atoms with Gasteiger partial charge in [-0.05, 0) is 0 Å². The van der Waals surface area contributed by atoms with E-state index in [1.54, 1.807) is 12.4 Å². The van der Waals surface area contributed by atoms with Crippen molar-refractivity contribution < 1.29 is 9.90 Å². The Morgan fingerprint density at radius 3 is 2.87 bits per heavy atom. The maximum atomic E-state index is 10.3. The molecule has 1 heterocycles. The molecule has 0 saturated carbocycles. The van der Waals surface area contributed by atoms with Gasteiger partial charge >= 0.3 is 5.97 Å². The molecule has 1 N–H and O–H groups in total. The van der Waals surface area contributed by atoms with Crippen LogP contribution in [0.5, 0.6) is 0 Å². The fourth-order valence-corrected chi connectivity index (χ4v) is 1.34. The first-order valence-corrected chi connectivity index (χ1v) is 4.35. The van der Waals surface area contributed by atoms with E-state index in [-0.39, 0.29) is 0 Å². The molecule has 1 aromatic heterocycles. The van der Waals surface area contributed by atoms with Gasteiger partial charge in [-0.15, -0.1) is 0 Å². The summed E-state index contributed by atoms with van der Waals surface area (Å²) in [5, 5.41) is 10.3. The van der Waals surface area contributed by atoms with Gasteiger partial charge in [-0.2, -0.15) is 0 Å². The summed E-state index contributed by atoms with van der Waals surface area (Å²) in [5.41, 5.74) is 0.635. The quantitative estimate of drug-likeness (QED) is 0.653. The minimum absolute atomic E-state index is 0.635. The van der Waals surface area contributed by atoms with E-state index in [2.05, 4.69) is 16.8 Å². The van der Waals surface area contributed by atoms with Crippen molar-refractivity contribution in [2.45, 2.75) is 0 Å². The van der Waals surface area contributed by atoms with Crippen LogP contribution >= 0.6 is 0 Å². The number of hydrogen-bond acceptors (Lipinski definition) is 2. The van der Waals surface area contributed by atoms with Crippen molar-refractivity contribution in [2.75, 3.05) is 0 Å². The van der Waals surface area contributed by atoms with Crippen molar-refractivity contribution in [2.24, 2.45) is 0 Å². The summed E-state index contributed by atoms with van der Waals surface area (Å²) >= 11 is 0. The number of hydrogen-bond donors (Lipinski definition) is 1. The number of nitrogens with zero attached hydrogens (tertiary/aromatic N) is 1. The predicted molar refractivity (Wildman–Crippen MR) is 56.3 cm³/mol. The van der Waals surface area contributed by atoms with E-state index in [1.165, 1.54) is 0 Å². The van der Waals surface area contributed by atoms with Crippen LogP contribution in [-0.4, -0.2) is 16.1 Å². The Balaban J connectivity index is 2.63. The van der Waals surface area contributed by atoms with Gasteiger partial charge in [-0.25, -0.2) is 4.79 Å². The Morgan fingerprint density at radius 1 is 1.27 bits per heavy atom. The van der Waals surface area contributed by atoms with Crippen LogP contribution in [0.4, 0.5) is 0 Å². The van der Waals surface area contributed by atoms with Crippen LogP contribution in [0, 0.1) is 11.8 Å². The van der Waals surface area contributed by atoms with Crippen molar-refractivity contribution in [3.63, 3.8) is 0 Å². The van der Waals surface area contributed by atoms with Crippen LogP contribution in [0.3, 0.4) is 0 Å². The Hall–Kier alpha value is -2.34. The highest BCUT2D eigenvalue weighted by Crippen LogP contribution is 2.15. The zero-order valence-corrected chi connectivity index (χ0v) is 7.77. The molecule has 2 aromatic rings. The summed E-state index contributed by atoms with van der Waals surface area (Å²) in [7, 11) is 0. The molecule has 0 bridgehead atoms. The third-order valence-corrected chi connectivity index (χ3v) is 1.97. The first-order chi connectivity index (χ1) is 7.27. The van der Waals surface area contributed by atoms with E-state index in [0.717, 1.165) is 10.8 Å². The Bertz CT molecular complexity index is 573. The first kappa shape index (κ1) is 9.22. The standard InChI is InChI=1S/C12H7NO2/c14-12(15)6-5-10-8-13-7-9-3-1-2-4-11(9)10/h1-4,7-8H,(H,14,15). The number of aliphatic carboxylic acids is 1. The van der Waals surface area contributed by atoms with Crippen LogP contribution < -0.4 is 0 Å². The van der Waals surface area contributed by atoms with Gasteiger partial charge in [0.1, 0.15) is 0 Å². The number of pyridine rings is 1. The lowest BCUT2D eigenvalue weighted by atomic mass is 10.1. The monoisotopic (exact) mass is 197 g/mol. The Morgan fingerprint density at radius 2 is 2.07 bits per heavy atom. The van der Waals surface area contributed by atoms with E-state index in [4.69, 9.17) is 5.11 Å². The topological polar surface area (TPSA) is 50.2 Å². The molecule has 72 valence electrons. The number of benzene rings is 1. The average Bonchev–Trinajstić information content (AvgIpc) is 2.26. The molecule has 0 aliphatic rings. The third kappa shape index (κ3) is 1.94. The molecule has 1 aromatic carbocycles. The molecule has 0 fully saturated rings. The van der Waals surface area contributed by atoms with Gasteiger partial charge in [0.15, 0.2) is 0 Å². The smallest absolute Gasteiger partial charge is 0.382 e. The largest absolute Gasteiger partial charge is 0.472 e. The van der Waals surface area contributed by atoms with Gasteiger partial charge in [0.25, 0.3) is 0 Å². The zero-order valence-electron chi connectivity index (χ0n) is 7.77. The molecule has 0 amide bonds. The van der Waals surface area contributed by atoms with Crippen LogP contribution in [-0.2, 0) is 4.79 Å². The fraction of sp³-hybridized carbons (Fsp3) is 0. The third-order valence-electron chi connectivity index (χ3n) is 1.97. The van der Waals surface area contributed by atoms with Crippen LogP contribution in [0.1, 0.15) is 5.56 Å². The van der Waals surface area contributed by atoms with Crippen molar-refractivity contribution in [1.82, 2.24) is 4.98 Å². The second-order valence-corrected chi connectivity index (χ2v) is 2.96. The second-order valence-electron chi connectivity index (χ2n) is 2.96.